The number of aromatic nitrogens is 2. The van der Waals surface area contributed by atoms with E-state index in [-0.39, 0.29) is 11.7 Å². The van der Waals surface area contributed by atoms with Crippen molar-refractivity contribution < 1.29 is 19.4 Å². The van der Waals surface area contributed by atoms with Crippen LogP contribution in [0.25, 0.3) is 11.0 Å². The maximum atomic E-state index is 11.5. The van der Waals surface area contributed by atoms with Gasteiger partial charge < -0.3 is 24.6 Å². The Morgan fingerprint density at radius 2 is 2.09 bits per heavy atom. The molecule has 0 saturated carbocycles. The standard InChI is InChI=1S/C15H18N4O4/c1-10(20)18-6-3-7-19(9-8-18)14-16-11-4-2-5-12(13(11)17-14)23-15(21)22/h2,4-5H,3,6-9H2,1H3,(H,16,17)(H,21,22). The minimum Gasteiger partial charge on any atom is -0.449 e. The Labute approximate surface area is 132 Å². The lowest BCUT2D eigenvalue weighted by molar-refractivity contribution is -0.128. The molecule has 1 saturated heterocycles. The first-order valence-electron chi connectivity index (χ1n) is 7.44. The van der Waals surface area contributed by atoms with E-state index in [1.165, 1.54) is 0 Å². The number of aromatic amines is 1. The maximum Gasteiger partial charge on any atom is 0.511 e. The number of anilines is 1. The Balaban J connectivity index is 1.85. The third kappa shape index (κ3) is 3.20. The summed E-state index contributed by atoms with van der Waals surface area (Å²) in [7, 11) is 0. The number of imidazole rings is 1. The van der Waals surface area contributed by atoms with Gasteiger partial charge in [-0.2, -0.15) is 0 Å². The summed E-state index contributed by atoms with van der Waals surface area (Å²) >= 11 is 0. The average Bonchev–Trinajstić information content (AvgIpc) is 2.77. The molecule has 0 radical (unpaired) electrons. The molecule has 1 aliphatic heterocycles. The van der Waals surface area contributed by atoms with Crippen LogP contribution in [-0.2, 0) is 4.79 Å². The van der Waals surface area contributed by atoms with Crippen molar-refractivity contribution in [2.45, 2.75) is 13.3 Å². The molecule has 122 valence electrons. The van der Waals surface area contributed by atoms with E-state index < -0.39 is 6.16 Å². The zero-order chi connectivity index (χ0) is 16.4. The average molecular weight is 318 g/mol. The van der Waals surface area contributed by atoms with E-state index in [0.717, 1.165) is 19.5 Å². The highest BCUT2D eigenvalue weighted by atomic mass is 16.7. The lowest BCUT2D eigenvalue weighted by Gasteiger charge is -2.20. The van der Waals surface area contributed by atoms with Crippen LogP contribution in [0.15, 0.2) is 18.2 Å². The smallest absolute Gasteiger partial charge is 0.449 e. The zero-order valence-electron chi connectivity index (χ0n) is 12.8. The number of benzene rings is 1. The predicted molar refractivity (Wildman–Crippen MR) is 83.8 cm³/mol. The third-order valence-electron chi connectivity index (χ3n) is 3.90. The number of hydrogen-bond acceptors (Lipinski definition) is 5. The summed E-state index contributed by atoms with van der Waals surface area (Å²) in [6.45, 7) is 4.41. The van der Waals surface area contributed by atoms with Crippen LogP contribution < -0.4 is 9.64 Å². The molecule has 0 spiro atoms. The van der Waals surface area contributed by atoms with Gasteiger partial charge in [0.1, 0.15) is 5.52 Å². The number of nitrogens with one attached hydrogen (secondary N) is 1. The molecule has 0 atom stereocenters. The van der Waals surface area contributed by atoms with Gasteiger partial charge in [-0.1, -0.05) is 6.07 Å². The van der Waals surface area contributed by atoms with Crippen molar-refractivity contribution in [3.05, 3.63) is 18.2 Å². The monoisotopic (exact) mass is 318 g/mol. The van der Waals surface area contributed by atoms with Crippen LogP contribution in [0, 0.1) is 0 Å². The Morgan fingerprint density at radius 1 is 1.26 bits per heavy atom. The van der Waals surface area contributed by atoms with Gasteiger partial charge in [0.2, 0.25) is 11.9 Å². The molecule has 2 N–H and O–H groups in total. The maximum absolute atomic E-state index is 11.5. The fraction of sp³-hybridized carbons (Fsp3) is 0.400. The number of carbonyl (C=O) groups excluding carboxylic acids is 1. The normalized spacial score (nSPS) is 15.5. The first kappa shape index (κ1) is 15.1. The molecule has 1 fully saturated rings. The van der Waals surface area contributed by atoms with Crippen LogP contribution >= 0.6 is 0 Å². The summed E-state index contributed by atoms with van der Waals surface area (Å²) in [5.74, 6) is 0.943. The number of nitrogens with zero attached hydrogens (tertiary/aromatic N) is 3. The van der Waals surface area contributed by atoms with Crippen molar-refractivity contribution in [2.24, 2.45) is 0 Å². The summed E-state index contributed by atoms with van der Waals surface area (Å²) in [6, 6.07) is 5.10. The zero-order valence-corrected chi connectivity index (χ0v) is 12.8. The molecule has 1 aliphatic rings. The van der Waals surface area contributed by atoms with Crippen LogP contribution in [-0.4, -0.2) is 58.2 Å². The molecule has 0 aliphatic carbocycles. The van der Waals surface area contributed by atoms with Crippen molar-refractivity contribution in [3.63, 3.8) is 0 Å². The molecule has 23 heavy (non-hydrogen) atoms. The molecule has 1 aromatic heterocycles. The van der Waals surface area contributed by atoms with E-state index in [2.05, 4.69) is 14.9 Å². The van der Waals surface area contributed by atoms with Gasteiger partial charge in [0.25, 0.3) is 0 Å². The number of carbonyl (C=O) groups is 2. The van der Waals surface area contributed by atoms with Crippen molar-refractivity contribution in [1.82, 2.24) is 14.9 Å². The van der Waals surface area contributed by atoms with Crippen LogP contribution in [0.5, 0.6) is 5.75 Å². The lowest BCUT2D eigenvalue weighted by Crippen LogP contribution is -2.33. The molecular weight excluding hydrogens is 300 g/mol. The Hall–Kier alpha value is -2.77. The fourth-order valence-electron chi connectivity index (χ4n) is 2.76. The molecule has 8 heteroatoms. The van der Waals surface area contributed by atoms with E-state index in [9.17, 15) is 9.59 Å². The van der Waals surface area contributed by atoms with Crippen LogP contribution in [0.1, 0.15) is 13.3 Å². The molecule has 3 rings (SSSR count). The summed E-state index contributed by atoms with van der Waals surface area (Å²) in [5, 5.41) is 8.79. The minimum absolute atomic E-state index is 0.0774. The van der Waals surface area contributed by atoms with Gasteiger partial charge in [0.15, 0.2) is 5.75 Å². The van der Waals surface area contributed by atoms with Crippen molar-refractivity contribution in [1.29, 1.82) is 0 Å². The first-order valence-corrected chi connectivity index (χ1v) is 7.44. The molecule has 0 bridgehead atoms. The molecular formula is C15H18N4O4. The summed E-state index contributed by atoms with van der Waals surface area (Å²) < 4.78 is 4.76. The molecule has 2 heterocycles. The Kier molecular flexibility index (Phi) is 4.05. The van der Waals surface area contributed by atoms with Crippen LogP contribution in [0.4, 0.5) is 10.7 Å². The Morgan fingerprint density at radius 3 is 2.83 bits per heavy atom. The van der Waals surface area contributed by atoms with Crippen molar-refractivity contribution in [3.8, 4) is 5.75 Å². The Bertz CT molecular complexity index is 742. The van der Waals surface area contributed by atoms with Gasteiger partial charge in [-0.05, 0) is 18.6 Å². The van der Waals surface area contributed by atoms with Gasteiger partial charge in [-0.15, -0.1) is 0 Å². The number of rotatable bonds is 2. The van der Waals surface area contributed by atoms with E-state index in [0.29, 0.717) is 30.1 Å². The third-order valence-corrected chi connectivity index (χ3v) is 3.90. The number of para-hydroxylation sites is 1. The summed E-state index contributed by atoms with van der Waals surface area (Å²) in [6.07, 6.45) is -0.510. The van der Waals surface area contributed by atoms with Gasteiger partial charge >= 0.3 is 6.16 Å². The van der Waals surface area contributed by atoms with E-state index in [1.54, 1.807) is 19.1 Å². The SMILES string of the molecule is CC(=O)N1CCCN(c2nc3c(OC(=O)O)cccc3[nH]2)CC1. The van der Waals surface area contributed by atoms with Crippen molar-refractivity contribution in [2.75, 3.05) is 31.1 Å². The van der Waals surface area contributed by atoms with E-state index in [1.807, 2.05) is 11.0 Å². The second-order valence-electron chi connectivity index (χ2n) is 5.43. The van der Waals surface area contributed by atoms with Gasteiger partial charge in [-0.3, -0.25) is 4.79 Å². The number of ether oxygens (including phenoxy) is 1. The summed E-state index contributed by atoms with van der Waals surface area (Å²) in [4.78, 5) is 33.8. The topological polar surface area (TPSA) is 98.8 Å². The second-order valence-corrected chi connectivity index (χ2v) is 5.43. The summed E-state index contributed by atoms with van der Waals surface area (Å²) in [5.41, 5.74) is 1.20. The fourth-order valence-corrected chi connectivity index (χ4v) is 2.76. The first-order chi connectivity index (χ1) is 11.0. The van der Waals surface area contributed by atoms with Crippen LogP contribution in [0.3, 0.4) is 0 Å². The number of hydrogen-bond donors (Lipinski definition) is 2. The number of fused-ring (bicyclic) bond motifs is 1. The molecule has 0 unspecified atom stereocenters. The predicted octanol–water partition coefficient (Wildman–Crippen LogP) is 1.68. The molecule has 1 aromatic carbocycles. The quantitative estimate of drug-likeness (QED) is 0.645. The highest BCUT2D eigenvalue weighted by Gasteiger charge is 2.20. The largest absolute Gasteiger partial charge is 0.511 e. The van der Waals surface area contributed by atoms with Gasteiger partial charge in [0.05, 0.1) is 5.52 Å². The number of amides is 1. The van der Waals surface area contributed by atoms with E-state index in [4.69, 9.17) is 9.84 Å². The number of carboxylic acid groups (broad SMARTS) is 1. The van der Waals surface area contributed by atoms with Gasteiger partial charge in [0, 0.05) is 33.1 Å². The second kappa shape index (κ2) is 6.15. The molecule has 2 aromatic rings. The van der Waals surface area contributed by atoms with E-state index >= 15 is 0 Å². The van der Waals surface area contributed by atoms with Gasteiger partial charge in [-0.25, -0.2) is 9.78 Å². The molecule has 1 amide bonds. The lowest BCUT2D eigenvalue weighted by atomic mass is 10.3. The van der Waals surface area contributed by atoms with Crippen LogP contribution in [0.2, 0.25) is 0 Å². The highest BCUT2D eigenvalue weighted by Crippen LogP contribution is 2.26. The van der Waals surface area contributed by atoms with Crippen molar-refractivity contribution >= 4 is 29.0 Å². The minimum atomic E-state index is -1.37. The molecule has 8 nitrogen and oxygen atoms in total. The number of H-pyrrole nitrogens is 1. The highest BCUT2D eigenvalue weighted by molar-refractivity contribution is 5.85.